The molecule has 0 saturated carbocycles. The summed E-state index contributed by atoms with van der Waals surface area (Å²) in [6.45, 7) is 3.18. The van der Waals surface area contributed by atoms with Crippen LogP contribution >= 0.6 is 23.8 Å². The van der Waals surface area contributed by atoms with Crippen molar-refractivity contribution in [1.82, 2.24) is 10.3 Å². The zero-order chi connectivity index (χ0) is 12.0. The molecule has 0 atom stereocenters. The Hall–Kier alpha value is -0.910. The third-order valence-electron chi connectivity index (χ3n) is 1.87. The Kier molecular flexibility index (Phi) is 5.45. The van der Waals surface area contributed by atoms with E-state index in [9.17, 15) is 0 Å². The predicted molar refractivity (Wildman–Crippen MR) is 70.1 cm³/mol. The number of aryl methyl sites for hydroxylation is 1. The molecule has 1 aromatic rings. The van der Waals surface area contributed by atoms with Crippen molar-refractivity contribution in [3.05, 3.63) is 22.8 Å². The fourth-order valence-corrected chi connectivity index (χ4v) is 1.50. The molecule has 0 amide bonds. The van der Waals surface area contributed by atoms with E-state index in [1.54, 1.807) is 13.3 Å². The first-order valence-electron chi connectivity index (χ1n) is 4.79. The number of ether oxygens (including phenoxy) is 1. The second-order valence-electron chi connectivity index (χ2n) is 3.19. The monoisotopic (exact) mass is 259 g/mol. The number of thiocarbonyl (C=S) groups is 1. The Morgan fingerprint density at radius 1 is 1.62 bits per heavy atom. The summed E-state index contributed by atoms with van der Waals surface area (Å²) in [6, 6.07) is 1.83. The summed E-state index contributed by atoms with van der Waals surface area (Å²) in [4.78, 5) is 4.14. The van der Waals surface area contributed by atoms with Gasteiger partial charge in [0, 0.05) is 19.9 Å². The molecule has 4 nitrogen and oxygen atoms in total. The van der Waals surface area contributed by atoms with Gasteiger partial charge < -0.3 is 15.4 Å². The molecule has 1 rings (SSSR count). The number of nitrogens with one attached hydrogen (secondary N) is 2. The van der Waals surface area contributed by atoms with Gasteiger partial charge in [0.05, 0.1) is 11.6 Å². The van der Waals surface area contributed by atoms with E-state index >= 15 is 0 Å². The van der Waals surface area contributed by atoms with Crippen LogP contribution in [0, 0.1) is 6.92 Å². The lowest BCUT2D eigenvalue weighted by atomic mass is 10.3. The van der Waals surface area contributed by atoms with Crippen LogP contribution in [0.4, 0.5) is 5.82 Å². The number of anilines is 1. The van der Waals surface area contributed by atoms with Gasteiger partial charge in [-0.3, -0.25) is 0 Å². The van der Waals surface area contributed by atoms with E-state index in [1.807, 2.05) is 13.0 Å². The average Bonchev–Trinajstić information content (AvgIpc) is 2.23. The molecular weight excluding hydrogens is 246 g/mol. The zero-order valence-corrected chi connectivity index (χ0v) is 10.8. The van der Waals surface area contributed by atoms with Crippen LogP contribution in [0.1, 0.15) is 5.56 Å². The SMILES string of the molecule is COCCNC(=S)Nc1ncc(Cl)cc1C. The Labute approximate surface area is 105 Å². The van der Waals surface area contributed by atoms with Crippen LogP contribution in [0.15, 0.2) is 12.3 Å². The minimum Gasteiger partial charge on any atom is -0.383 e. The van der Waals surface area contributed by atoms with Crippen LogP contribution in [-0.4, -0.2) is 30.4 Å². The van der Waals surface area contributed by atoms with Crippen LogP contribution in [0.5, 0.6) is 0 Å². The first-order chi connectivity index (χ1) is 7.63. The predicted octanol–water partition coefficient (Wildman–Crippen LogP) is 1.98. The summed E-state index contributed by atoms with van der Waals surface area (Å²) in [5, 5.41) is 7.12. The maximum Gasteiger partial charge on any atom is 0.172 e. The summed E-state index contributed by atoms with van der Waals surface area (Å²) in [5.74, 6) is 0.708. The van der Waals surface area contributed by atoms with E-state index in [-0.39, 0.29) is 0 Å². The van der Waals surface area contributed by atoms with Crippen molar-refractivity contribution < 1.29 is 4.74 Å². The smallest absolute Gasteiger partial charge is 0.172 e. The molecule has 0 aliphatic carbocycles. The first kappa shape index (κ1) is 13.2. The topological polar surface area (TPSA) is 46.2 Å². The van der Waals surface area contributed by atoms with Crippen molar-refractivity contribution in [2.24, 2.45) is 0 Å². The Morgan fingerprint density at radius 3 is 3.00 bits per heavy atom. The maximum absolute atomic E-state index is 5.80. The molecule has 88 valence electrons. The number of rotatable bonds is 4. The van der Waals surface area contributed by atoms with Crippen LogP contribution in [0.25, 0.3) is 0 Å². The molecule has 0 bridgehead atoms. The van der Waals surface area contributed by atoms with Crippen molar-refractivity contribution in [1.29, 1.82) is 0 Å². The van der Waals surface area contributed by atoms with E-state index < -0.39 is 0 Å². The third-order valence-corrected chi connectivity index (χ3v) is 2.32. The van der Waals surface area contributed by atoms with Gasteiger partial charge >= 0.3 is 0 Å². The number of pyridine rings is 1. The fraction of sp³-hybridized carbons (Fsp3) is 0.400. The van der Waals surface area contributed by atoms with Crippen LogP contribution in [0.3, 0.4) is 0 Å². The quantitative estimate of drug-likeness (QED) is 0.640. The van der Waals surface area contributed by atoms with Crippen LogP contribution < -0.4 is 10.6 Å². The number of halogens is 1. The van der Waals surface area contributed by atoms with E-state index in [2.05, 4.69) is 15.6 Å². The number of aromatic nitrogens is 1. The van der Waals surface area contributed by atoms with Gasteiger partial charge in [-0.05, 0) is 30.8 Å². The van der Waals surface area contributed by atoms with Crippen molar-refractivity contribution >= 4 is 34.7 Å². The summed E-state index contributed by atoms with van der Waals surface area (Å²) in [5.41, 5.74) is 0.948. The van der Waals surface area contributed by atoms with E-state index in [0.29, 0.717) is 29.1 Å². The second kappa shape index (κ2) is 6.62. The highest BCUT2D eigenvalue weighted by molar-refractivity contribution is 7.80. The normalized spacial score (nSPS) is 9.94. The molecule has 2 N–H and O–H groups in total. The van der Waals surface area contributed by atoms with Crippen LogP contribution in [0.2, 0.25) is 5.02 Å². The minimum absolute atomic E-state index is 0.523. The van der Waals surface area contributed by atoms with Gasteiger partial charge in [-0.2, -0.15) is 0 Å². The van der Waals surface area contributed by atoms with Gasteiger partial charge in [-0.25, -0.2) is 4.98 Å². The number of hydrogen-bond acceptors (Lipinski definition) is 3. The standard InChI is InChI=1S/C10H14ClN3OS/c1-7-5-8(11)6-13-9(7)14-10(16)12-3-4-15-2/h5-6H,3-4H2,1-2H3,(H2,12,13,14,16). The molecule has 0 aliphatic rings. The lowest BCUT2D eigenvalue weighted by molar-refractivity contribution is 0.204. The molecule has 6 heteroatoms. The minimum atomic E-state index is 0.523. The van der Waals surface area contributed by atoms with E-state index in [1.165, 1.54) is 0 Å². The van der Waals surface area contributed by atoms with Crippen molar-refractivity contribution in [3.63, 3.8) is 0 Å². The molecule has 0 unspecified atom stereocenters. The highest BCUT2D eigenvalue weighted by Crippen LogP contribution is 2.15. The molecule has 0 saturated heterocycles. The molecule has 0 radical (unpaired) electrons. The van der Waals surface area contributed by atoms with Crippen molar-refractivity contribution in [2.75, 3.05) is 25.6 Å². The Bertz CT molecular complexity index is 373. The van der Waals surface area contributed by atoms with Gasteiger partial charge in [0.15, 0.2) is 5.11 Å². The Balaban J connectivity index is 2.49. The average molecular weight is 260 g/mol. The lowest BCUT2D eigenvalue weighted by Gasteiger charge is -2.11. The molecule has 1 aromatic heterocycles. The van der Waals surface area contributed by atoms with Gasteiger partial charge in [0.1, 0.15) is 5.82 Å². The summed E-state index contributed by atoms with van der Waals surface area (Å²) in [6.07, 6.45) is 1.58. The molecule has 16 heavy (non-hydrogen) atoms. The zero-order valence-electron chi connectivity index (χ0n) is 9.21. The second-order valence-corrected chi connectivity index (χ2v) is 4.04. The van der Waals surface area contributed by atoms with E-state index in [0.717, 1.165) is 5.56 Å². The molecule has 1 heterocycles. The Morgan fingerprint density at radius 2 is 2.38 bits per heavy atom. The van der Waals surface area contributed by atoms with Crippen LogP contribution in [-0.2, 0) is 4.74 Å². The summed E-state index contributed by atoms with van der Waals surface area (Å²) in [7, 11) is 1.64. The van der Waals surface area contributed by atoms with Gasteiger partial charge in [0.25, 0.3) is 0 Å². The molecule has 0 fully saturated rings. The number of hydrogen-bond donors (Lipinski definition) is 2. The molecular formula is C10H14ClN3OS. The number of nitrogens with zero attached hydrogens (tertiary/aromatic N) is 1. The third kappa shape index (κ3) is 4.30. The van der Waals surface area contributed by atoms with Gasteiger partial charge in [-0.15, -0.1) is 0 Å². The van der Waals surface area contributed by atoms with Crippen molar-refractivity contribution in [3.8, 4) is 0 Å². The first-order valence-corrected chi connectivity index (χ1v) is 5.58. The lowest BCUT2D eigenvalue weighted by Crippen LogP contribution is -2.31. The highest BCUT2D eigenvalue weighted by atomic mass is 35.5. The van der Waals surface area contributed by atoms with Crippen molar-refractivity contribution in [2.45, 2.75) is 6.92 Å². The maximum atomic E-state index is 5.80. The van der Waals surface area contributed by atoms with Gasteiger partial charge in [0.2, 0.25) is 0 Å². The summed E-state index contributed by atoms with van der Waals surface area (Å²) >= 11 is 10.9. The van der Waals surface area contributed by atoms with Gasteiger partial charge in [-0.1, -0.05) is 11.6 Å². The number of methoxy groups -OCH3 is 1. The largest absolute Gasteiger partial charge is 0.383 e. The van der Waals surface area contributed by atoms with E-state index in [4.69, 9.17) is 28.6 Å². The molecule has 0 aliphatic heterocycles. The fourth-order valence-electron chi connectivity index (χ4n) is 1.09. The highest BCUT2D eigenvalue weighted by Gasteiger charge is 2.02. The summed E-state index contributed by atoms with van der Waals surface area (Å²) < 4.78 is 4.90. The molecule has 0 spiro atoms. The molecule has 0 aromatic carbocycles.